The van der Waals surface area contributed by atoms with Crippen molar-refractivity contribution in [3.05, 3.63) is 17.2 Å². The van der Waals surface area contributed by atoms with E-state index in [4.69, 9.17) is 14.2 Å². The summed E-state index contributed by atoms with van der Waals surface area (Å²) in [5.74, 6) is 2.18. The van der Waals surface area contributed by atoms with Gasteiger partial charge in [0.05, 0.1) is 21.3 Å². The Morgan fingerprint density at radius 1 is 1.12 bits per heavy atom. The van der Waals surface area contributed by atoms with Gasteiger partial charge in [-0.15, -0.1) is 0 Å². The topological polar surface area (TPSA) is 39.7 Å². The first-order valence-electron chi connectivity index (χ1n) is 5.75. The average molecular weight is 237 g/mol. The van der Waals surface area contributed by atoms with E-state index >= 15 is 0 Å². The third-order valence-electron chi connectivity index (χ3n) is 3.18. The van der Waals surface area contributed by atoms with Gasteiger partial charge in [0.2, 0.25) is 5.75 Å². The summed E-state index contributed by atoms with van der Waals surface area (Å²) in [6.45, 7) is 2.98. The van der Waals surface area contributed by atoms with Crippen molar-refractivity contribution in [1.29, 1.82) is 0 Å². The number of hydrogen-bond donors (Lipinski definition) is 1. The lowest BCUT2D eigenvalue weighted by molar-refractivity contribution is 0.318. The number of fused-ring (bicyclic) bond motifs is 1. The summed E-state index contributed by atoms with van der Waals surface area (Å²) in [5.41, 5.74) is 2.44. The van der Waals surface area contributed by atoms with Crippen LogP contribution in [0, 0.1) is 0 Å². The van der Waals surface area contributed by atoms with Crippen molar-refractivity contribution < 1.29 is 14.2 Å². The Hall–Kier alpha value is -1.42. The molecular formula is C13H19NO3. The van der Waals surface area contributed by atoms with Crippen LogP contribution in [0.15, 0.2) is 6.07 Å². The number of nitrogens with one attached hydrogen (secondary N) is 1. The molecule has 1 aliphatic rings. The zero-order chi connectivity index (χ0) is 12.4. The third-order valence-corrected chi connectivity index (χ3v) is 3.18. The van der Waals surface area contributed by atoms with E-state index in [1.165, 1.54) is 11.1 Å². The predicted octanol–water partition coefficient (Wildman–Crippen LogP) is 1.75. The number of ether oxygens (including phenoxy) is 3. The van der Waals surface area contributed by atoms with Gasteiger partial charge in [-0.05, 0) is 25.0 Å². The van der Waals surface area contributed by atoms with E-state index in [9.17, 15) is 0 Å². The van der Waals surface area contributed by atoms with E-state index in [0.717, 1.165) is 24.5 Å². The predicted molar refractivity (Wildman–Crippen MR) is 66.1 cm³/mol. The highest BCUT2D eigenvalue weighted by molar-refractivity contribution is 5.59. The minimum atomic E-state index is 0.477. The summed E-state index contributed by atoms with van der Waals surface area (Å²) >= 11 is 0. The van der Waals surface area contributed by atoms with E-state index in [1.807, 2.05) is 6.07 Å². The molecule has 0 spiro atoms. The molecule has 0 amide bonds. The van der Waals surface area contributed by atoms with E-state index < -0.39 is 0 Å². The molecule has 0 fully saturated rings. The van der Waals surface area contributed by atoms with Crippen molar-refractivity contribution in [2.24, 2.45) is 0 Å². The van der Waals surface area contributed by atoms with E-state index in [0.29, 0.717) is 11.8 Å². The molecule has 1 unspecified atom stereocenters. The van der Waals surface area contributed by atoms with Gasteiger partial charge >= 0.3 is 0 Å². The second kappa shape index (κ2) is 4.84. The van der Waals surface area contributed by atoms with Crippen LogP contribution in [0.2, 0.25) is 0 Å². The second-order valence-corrected chi connectivity index (χ2v) is 4.27. The molecule has 0 saturated carbocycles. The SMILES string of the molecule is COc1cc2c(c(OC)c1OC)CNC(C)C2. The molecule has 0 aliphatic carbocycles. The maximum absolute atomic E-state index is 5.47. The molecule has 1 aromatic carbocycles. The van der Waals surface area contributed by atoms with Crippen molar-refractivity contribution in [2.75, 3.05) is 21.3 Å². The Morgan fingerprint density at radius 3 is 2.41 bits per heavy atom. The molecule has 1 atom stereocenters. The van der Waals surface area contributed by atoms with Gasteiger partial charge in [0.15, 0.2) is 11.5 Å². The molecule has 4 heteroatoms. The molecule has 0 saturated heterocycles. The van der Waals surface area contributed by atoms with E-state index in [1.54, 1.807) is 21.3 Å². The molecule has 0 aromatic heterocycles. The minimum absolute atomic E-state index is 0.477. The van der Waals surface area contributed by atoms with Gasteiger partial charge in [-0.25, -0.2) is 0 Å². The van der Waals surface area contributed by atoms with Crippen molar-refractivity contribution in [3.63, 3.8) is 0 Å². The molecule has 1 heterocycles. The minimum Gasteiger partial charge on any atom is -0.493 e. The maximum Gasteiger partial charge on any atom is 0.203 e. The van der Waals surface area contributed by atoms with E-state index in [2.05, 4.69) is 12.2 Å². The quantitative estimate of drug-likeness (QED) is 0.869. The molecule has 0 radical (unpaired) electrons. The molecule has 1 N–H and O–H groups in total. The lowest BCUT2D eigenvalue weighted by Gasteiger charge is -2.26. The van der Waals surface area contributed by atoms with Crippen LogP contribution in [0.3, 0.4) is 0 Å². The highest BCUT2D eigenvalue weighted by Crippen LogP contribution is 2.43. The summed E-state index contributed by atoms with van der Waals surface area (Å²) in [6.07, 6.45) is 0.978. The Morgan fingerprint density at radius 2 is 1.82 bits per heavy atom. The third kappa shape index (κ3) is 2.05. The summed E-state index contributed by atoms with van der Waals surface area (Å²) < 4.78 is 16.2. The van der Waals surface area contributed by atoms with Gasteiger partial charge in [0, 0.05) is 18.2 Å². The van der Waals surface area contributed by atoms with Gasteiger partial charge in [-0.3, -0.25) is 0 Å². The summed E-state index contributed by atoms with van der Waals surface area (Å²) in [4.78, 5) is 0. The summed E-state index contributed by atoms with van der Waals surface area (Å²) in [6, 6.07) is 2.53. The molecule has 94 valence electrons. The van der Waals surface area contributed by atoms with Crippen molar-refractivity contribution in [3.8, 4) is 17.2 Å². The first kappa shape index (κ1) is 12.0. The smallest absolute Gasteiger partial charge is 0.203 e. The number of rotatable bonds is 3. The molecule has 17 heavy (non-hydrogen) atoms. The van der Waals surface area contributed by atoms with Gasteiger partial charge in [-0.1, -0.05) is 0 Å². The van der Waals surface area contributed by atoms with Crippen molar-refractivity contribution >= 4 is 0 Å². The van der Waals surface area contributed by atoms with Crippen molar-refractivity contribution in [2.45, 2.75) is 25.9 Å². The second-order valence-electron chi connectivity index (χ2n) is 4.27. The molecular weight excluding hydrogens is 218 g/mol. The summed E-state index contributed by atoms with van der Waals surface area (Å²) in [5, 5.41) is 3.43. The maximum atomic E-state index is 5.47. The summed E-state index contributed by atoms with van der Waals surface area (Å²) in [7, 11) is 4.94. The normalized spacial score (nSPS) is 18.5. The van der Waals surface area contributed by atoms with Crippen LogP contribution < -0.4 is 19.5 Å². The monoisotopic (exact) mass is 237 g/mol. The highest BCUT2D eigenvalue weighted by atomic mass is 16.5. The Kier molecular flexibility index (Phi) is 3.43. The van der Waals surface area contributed by atoms with Crippen molar-refractivity contribution in [1.82, 2.24) is 5.32 Å². The van der Waals surface area contributed by atoms with Gasteiger partial charge < -0.3 is 19.5 Å². The van der Waals surface area contributed by atoms with Crippen LogP contribution >= 0.6 is 0 Å². The molecule has 2 rings (SSSR count). The van der Waals surface area contributed by atoms with Crippen LogP contribution in [0.5, 0.6) is 17.2 Å². The Labute approximate surface area is 102 Å². The van der Waals surface area contributed by atoms with Crippen LogP contribution in [0.1, 0.15) is 18.1 Å². The Bertz CT molecular complexity index is 418. The number of hydrogen-bond acceptors (Lipinski definition) is 4. The number of methoxy groups -OCH3 is 3. The van der Waals surface area contributed by atoms with Gasteiger partial charge in [-0.2, -0.15) is 0 Å². The first-order chi connectivity index (χ1) is 8.21. The van der Waals surface area contributed by atoms with Crippen LogP contribution in [0.25, 0.3) is 0 Å². The zero-order valence-corrected chi connectivity index (χ0v) is 10.8. The average Bonchev–Trinajstić information content (AvgIpc) is 2.35. The fraction of sp³-hybridized carbons (Fsp3) is 0.538. The van der Waals surface area contributed by atoms with Crippen LogP contribution in [-0.4, -0.2) is 27.4 Å². The Balaban J connectivity index is 2.57. The van der Waals surface area contributed by atoms with Crippen LogP contribution in [0.4, 0.5) is 0 Å². The first-order valence-corrected chi connectivity index (χ1v) is 5.75. The lowest BCUT2D eigenvalue weighted by atomic mass is 9.95. The molecule has 1 aliphatic heterocycles. The largest absolute Gasteiger partial charge is 0.493 e. The van der Waals surface area contributed by atoms with Gasteiger partial charge in [0.1, 0.15) is 0 Å². The molecule has 0 bridgehead atoms. The number of benzene rings is 1. The zero-order valence-electron chi connectivity index (χ0n) is 10.8. The van der Waals surface area contributed by atoms with Gasteiger partial charge in [0.25, 0.3) is 0 Å². The molecule has 4 nitrogen and oxygen atoms in total. The standard InChI is InChI=1S/C13H19NO3/c1-8-5-9-6-11(15-2)13(17-4)12(16-3)10(9)7-14-8/h6,8,14H,5,7H2,1-4H3. The fourth-order valence-electron chi connectivity index (χ4n) is 2.32. The fourth-order valence-corrected chi connectivity index (χ4v) is 2.32. The van der Waals surface area contributed by atoms with E-state index in [-0.39, 0.29) is 0 Å². The molecule has 1 aromatic rings. The van der Waals surface area contributed by atoms with Crippen LogP contribution in [-0.2, 0) is 13.0 Å². The lowest BCUT2D eigenvalue weighted by Crippen LogP contribution is -2.33. The highest BCUT2D eigenvalue weighted by Gasteiger charge is 2.24.